The Kier molecular flexibility index (Phi) is 5.19. The van der Waals surface area contributed by atoms with E-state index in [4.69, 9.17) is 4.52 Å². The minimum atomic E-state index is -0.0353. The van der Waals surface area contributed by atoms with Crippen molar-refractivity contribution >= 4 is 5.91 Å². The van der Waals surface area contributed by atoms with Gasteiger partial charge in [0.15, 0.2) is 0 Å². The molecule has 5 heteroatoms. The van der Waals surface area contributed by atoms with E-state index in [2.05, 4.69) is 30.9 Å². The van der Waals surface area contributed by atoms with Gasteiger partial charge in [0.2, 0.25) is 17.6 Å². The Morgan fingerprint density at radius 1 is 1.22 bits per heavy atom. The van der Waals surface area contributed by atoms with E-state index in [1.54, 1.807) is 4.90 Å². The summed E-state index contributed by atoms with van der Waals surface area (Å²) in [7, 11) is 0. The van der Waals surface area contributed by atoms with Crippen molar-refractivity contribution in [2.45, 2.75) is 47.6 Å². The number of carbonyl (C=O) groups is 1. The van der Waals surface area contributed by atoms with E-state index in [-0.39, 0.29) is 11.3 Å². The standard InChI is InChI=1S/C18H25N3O2/c1-6-21(16(22)11-18(3,4)5)12-15-19-17(20-23-15)14-9-7-13(2)8-10-14/h7-10H,6,11-12H2,1-5H3. The first-order valence-electron chi connectivity index (χ1n) is 7.96. The molecule has 1 amide bonds. The van der Waals surface area contributed by atoms with Gasteiger partial charge >= 0.3 is 0 Å². The molecule has 0 fully saturated rings. The van der Waals surface area contributed by atoms with Crippen LogP contribution in [0.2, 0.25) is 0 Å². The molecule has 0 aliphatic rings. The van der Waals surface area contributed by atoms with Crippen LogP contribution in [0.4, 0.5) is 0 Å². The first-order chi connectivity index (χ1) is 10.8. The van der Waals surface area contributed by atoms with E-state index in [9.17, 15) is 4.79 Å². The second-order valence-electron chi connectivity index (χ2n) is 7.02. The maximum Gasteiger partial charge on any atom is 0.246 e. The van der Waals surface area contributed by atoms with Gasteiger partial charge in [-0.1, -0.05) is 55.8 Å². The minimum Gasteiger partial charge on any atom is -0.337 e. The average molecular weight is 315 g/mol. The average Bonchev–Trinajstić information content (AvgIpc) is 2.92. The van der Waals surface area contributed by atoms with Crippen LogP contribution in [-0.2, 0) is 11.3 Å². The summed E-state index contributed by atoms with van der Waals surface area (Å²) in [4.78, 5) is 18.5. The van der Waals surface area contributed by atoms with E-state index in [1.165, 1.54) is 5.56 Å². The van der Waals surface area contributed by atoms with E-state index in [1.807, 2.05) is 38.1 Å². The number of carbonyl (C=O) groups excluding carboxylic acids is 1. The van der Waals surface area contributed by atoms with Crippen LogP contribution in [0.25, 0.3) is 11.4 Å². The van der Waals surface area contributed by atoms with Crippen molar-refractivity contribution in [1.82, 2.24) is 15.0 Å². The second-order valence-corrected chi connectivity index (χ2v) is 7.02. The molecule has 1 aromatic heterocycles. The van der Waals surface area contributed by atoms with Gasteiger partial charge < -0.3 is 9.42 Å². The van der Waals surface area contributed by atoms with Gasteiger partial charge in [0.05, 0.1) is 6.54 Å². The lowest BCUT2D eigenvalue weighted by Gasteiger charge is -2.24. The highest BCUT2D eigenvalue weighted by Crippen LogP contribution is 2.21. The predicted octanol–water partition coefficient (Wildman–Crippen LogP) is 3.83. The molecule has 0 unspecified atom stereocenters. The number of hydrogen-bond acceptors (Lipinski definition) is 4. The second kappa shape index (κ2) is 6.94. The quantitative estimate of drug-likeness (QED) is 0.841. The summed E-state index contributed by atoms with van der Waals surface area (Å²) in [5, 5.41) is 4.01. The monoisotopic (exact) mass is 315 g/mol. The van der Waals surface area contributed by atoms with Crippen LogP contribution in [0, 0.1) is 12.3 Å². The molecule has 0 aliphatic carbocycles. The summed E-state index contributed by atoms with van der Waals surface area (Å²) in [6.07, 6.45) is 0.500. The van der Waals surface area contributed by atoms with Gasteiger partial charge in [0.25, 0.3) is 0 Å². The van der Waals surface area contributed by atoms with Crippen LogP contribution >= 0.6 is 0 Å². The molecule has 1 heterocycles. The number of benzene rings is 1. The normalized spacial score (nSPS) is 11.5. The summed E-state index contributed by atoms with van der Waals surface area (Å²) in [5.41, 5.74) is 2.06. The number of rotatable bonds is 5. The van der Waals surface area contributed by atoms with E-state index < -0.39 is 0 Å². The van der Waals surface area contributed by atoms with Crippen LogP contribution in [0.5, 0.6) is 0 Å². The minimum absolute atomic E-state index is 0.0353. The molecule has 0 spiro atoms. The van der Waals surface area contributed by atoms with Crippen molar-refractivity contribution in [1.29, 1.82) is 0 Å². The van der Waals surface area contributed by atoms with Crippen molar-refractivity contribution in [3.05, 3.63) is 35.7 Å². The number of amides is 1. The number of aryl methyl sites for hydroxylation is 1. The lowest BCUT2D eigenvalue weighted by atomic mass is 9.91. The number of nitrogens with zero attached hydrogens (tertiary/aromatic N) is 3. The van der Waals surface area contributed by atoms with Gasteiger partial charge in [-0.2, -0.15) is 4.98 Å². The van der Waals surface area contributed by atoms with Crippen molar-refractivity contribution in [3.8, 4) is 11.4 Å². The third-order valence-corrected chi connectivity index (χ3v) is 3.52. The highest BCUT2D eigenvalue weighted by atomic mass is 16.5. The fourth-order valence-electron chi connectivity index (χ4n) is 2.24. The first-order valence-corrected chi connectivity index (χ1v) is 7.96. The van der Waals surface area contributed by atoms with Crippen LogP contribution in [0.1, 0.15) is 45.6 Å². The van der Waals surface area contributed by atoms with Crippen LogP contribution in [-0.4, -0.2) is 27.5 Å². The summed E-state index contributed by atoms with van der Waals surface area (Å²) < 4.78 is 5.31. The highest BCUT2D eigenvalue weighted by molar-refractivity contribution is 5.76. The number of aromatic nitrogens is 2. The highest BCUT2D eigenvalue weighted by Gasteiger charge is 2.22. The van der Waals surface area contributed by atoms with E-state index >= 15 is 0 Å². The Balaban J connectivity index is 2.07. The van der Waals surface area contributed by atoms with Crippen LogP contribution in [0.15, 0.2) is 28.8 Å². The van der Waals surface area contributed by atoms with Gasteiger partial charge in [-0.25, -0.2) is 0 Å². The summed E-state index contributed by atoms with van der Waals surface area (Å²) in [5.74, 6) is 1.12. The van der Waals surface area contributed by atoms with Crippen LogP contribution < -0.4 is 0 Å². The maximum absolute atomic E-state index is 12.3. The zero-order chi connectivity index (χ0) is 17.0. The molecular weight excluding hydrogens is 290 g/mol. The molecule has 124 valence electrons. The van der Waals surface area contributed by atoms with Crippen molar-refractivity contribution < 1.29 is 9.32 Å². The third kappa shape index (κ3) is 4.91. The lowest BCUT2D eigenvalue weighted by molar-refractivity contribution is -0.133. The van der Waals surface area contributed by atoms with Crippen molar-refractivity contribution in [3.63, 3.8) is 0 Å². The molecule has 2 aromatic rings. The fraction of sp³-hybridized carbons (Fsp3) is 0.500. The maximum atomic E-state index is 12.3. The molecule has 0 aliphatic heterocycles. The summed E-state index contributed by atoms with van der Waals surface area (Å²) in [6.45, 7) is 11.1. The molecule has 0 saturated carbocycles. The Morgan fingerprint density at radius 2 is 1.87 bits per heavy atom. The van der Waals surface area contributed by atoms with E-state index in [0.29, 0.717) is 31.2 Å². The molecule has 5 nitrogen and oxygen atoms in total. The van der Waals surface area contributed by atoms with E-state index in [0.717, 1.165) is 5.56 Å². The molecule has 2 rings (SSSR count). The number of hydrogen-bond donors (Lipinski definition) is 0. The first kappa shape index (κ1) is 17.2. The van der Waals surface area contributed by atoms with Gasteiger partial charge in [-0.05, 0) is 19.3 Å². The SMILES string of the molecule is CCN(Cc1nc(-c2ccc(C)cc2)no1)C(=O)CC(C)(C)C. The molecule has 0 atom stereocenters. The van der Waals surface area contributed by atoms with Gasteiger partial charge in [-0.15, -0.1) is 0 Å². The fourth-order valence-corrected chi connectivity index (χ4v) is 2.24. The van der Waals surface area contributed by atoms with Crippen molar-refractivity contribution in [2.75, 3.05) is 6.54 Å². The zero-order valence-corrected chi connectivity index (χ0v) is 14.6. The molecule has 0 radical (unpaired) electrons. The molecule has 1 aromatic carbocycles. The third-order valence-electron chi connectivity index (χ3n) is 3.52. The predicted molar refractivity (Wildman–Crippen MR) is 89.6 cm³/mol. The zero-order valence-electron chi connectivity index (χ0n) is 14.6. The Morgan fingerprint density at radius 3 is 2.43 bits per heavy atom. The smallest absolute Gasteiger partial charge is 0.246 e. The summed E-state index contributed by atoms with van der Waals surface area (Å²) >= 11 is 0. The topological polar surface area (TPSA) is 59.2 Å². The van der Waals surface area contributed by atoms with Crippen LogP contribution in [0.3, 0.4) is 0 Å². The molecule has 23 heavy (non-hydrogen) atoms. The Labute approximate surface area is 137 Å². The molecular formula is C18H25N3O2. The lowest BCUT2D eigenvalue weighted by Crippen LogP contribution is -2.33. The Bertz CT molecular complexity index is 654. The molecule has 0 N–H and O–H groups in total. The summed E-state index contributed by atoms with van der Waals surface area (Å²) in [6, 6.07) is 7.95. The van der Waals surface area contributed by atoms with Gasteiger partial charge in [0.1, 0.15) is 0 Å². The molecule has 0 bridgehead atoms. The molecule has 0 saturated heterocycles. The largest absolute Gasteiger partial charge is 0.337 e. The Hall–Kier alpha value is -2.17. The van der Waals surface area contributed by atoms with Gasteiger partial charge in [0, 0.05) is 18.5 Å². The van der Waals surface area contributed by atoms with Gasteiger partial charge in [-0.3, -0.25) is 4.79 Å². The van der Waals surface area contributed by atoms with Crippen molar-refractivity contribution in [2.24, 2.45) is 5.41 Å².